The van der Waals surface area contributed by atoms with Gasteiger partial charge in [0.25, 0.3) is 5.95 Å². The van der Waals surface area contributed by atoms with Gasteiger partial charge >= 0.3 is 0 Å². The van der Waals surface area contributed by atoms with Crippen LogP contribution in [0.3, 0.4) is 0 Å². The summed E-state index contributed by atoms with van der Waals surface area (Å²) in [7, 11) is 1.89. The first-order valence-electron chi connectivity index (χ1n) is 6.61. The molecule has 0 atom stereocenters. The molecule has 3 aromatic rings. The monoisotopic (exact) mass is 281 g/mol. The van der Waals surface area contributed by atoms with Crippen LogP contribution < -0.4 is 5.32 Å². The zero-order chi connectivity index (χ0) is 14.7. The van der Waals surface area contributed by atoms with Crippen LogP contribution in [-0.2, 0) is 6.54 Å². The molecule has 3 rings (SSSR count). The molecule has 0 radical (unpaired) electrons. The van der Waals surface area contributed by atoms with Crippen molar-refractivity contribution in [2.45, 2.75) is 13.5 Å². The van der Waals surface area contributed by atoms with E-state index in [0.29, 0.717) is 11.8 Å². The summed E-state index contributed by atoms with van der Waals surface area (Å²) >= 11 is 0. The Hall–Kier alpha value is -2.67. The molecular formula is C14H15N7. The Morgan fingerprint density at radius 1 is 1.19 bits per heavy atom. The van der Waals surface area contributed by atoms with Crippen molar-refractivity contribution in [3.8, 4) is 17.3 Å². The second-order valence-corrected chi connectivity index (χ2v) is 4.58. The molecule has 0 aliphatic heterocycles. The van der Waals surface area contributed by atoms with E-state index in [2.05, 4.69) is 30.7 Å². The zero-order valence-electron chi connectivity index (χ0n) is 11.9. The molecule has 7 heteroatoms. The van der Waals surface area contributed by atoms with Gasteiger partial charge in [-0.15, -0.1) is 10.2 Å². The second-order valence-electron chi connectivity index (χ2n) is 4.58. The first kappa shape index (κ1) is 13.3. The molecule has 21 heavy (non-hydrogen) atoms. The van der Waals surface area contributed by atoms with Gasteiger partial charge in [-0.25, -0.2) is 9.97 Å². The molecule has 1 N–H and O–H groups in total. The Labute approximate surface area is 122 Å². The molecule has 2 heterocycles. The van der Waals surface area contributed by atoms with E-state index in [9.17, 15) is 0 Å². The van der Waals surface area contributed by atoms with Gasteiger partial charge < -0.3 is 5.32 Å². The fourth-order valence-electron chi connectivity index (χ4n) is 1.94. The molecule has 0 aliphatic carbocycles. The van der Waals surface area contributed by atoms with Crippen LogP contribution in [0.2, 0.25) is 0 Å². The minimum atomic E-state index is 0.419. The van der Waals surface area contributed by atoms with E-state index in [4.69, 9.17) is 0 Å². The Bertz CT molecular complexity index is 736. The Kier molecular flexibility index (Phi) is 3.65. The fourth-order valence-corrected chi connectivity index (χ4v) is 1.94. The fraction of sp³-hybridized carbons (Fsp3) is 0.214. The lowest BCUT2D eigenvalue weighted by molar-refractivity contribution is 0.669. The number of nitrogens with zero attached hydrogens (tertiary/aromatic N) is 6. The minimum Gasteiger partial charge on any atom is -0.316 e. The van der Waals surface area contributed by atoms with E-state index in [1.54, 1.807) is 6.20 Å². The smallest absolute Gasteiger partial charge is 0.270 e. The highest BCUT2D eigenvalue weighted by molar-refractivity contribution is 5.53. The van der Waals surface area contributed by atoms with Gasteiger partial charge in [-0.05, 0) is 19.2 Å². The summed E-state index contributed by atoms with van der Waals surface area (Å²) in [6, 6.07) is 9.68. The van der Waals surface area contributed by atoms with Gasteiger partial charge in [-0.1, -0.05) is 35.1 Å². The van der Waals surface area contributed by atoms with Crippen LogP contribution in [0.25, 0.3) is 17.3 Å². The van der Waals surface area contributed by atoms with Crippen LogP contribution in [0.1, 0.15) is 11.3 Å². The van der Waals surface area contributed by atoms with Gasteiger partial charge in [-0.3, -0.25) is 0 Å². The minimum absolute atomic E-state index is 0.419. The summed E-state index contributed by atoms with van der Waals surface area (Å²) in [5, 5.41) is 15.5. The molecule has 7 nitrogen and oxygen atoms in total. The molecule has 0 saturated heterocycles. The molecule has 0 aliphatic rings. The number of benzene rings is 1. The topological polar surface area (TPSA) is 81.4 Å². The quantitative estimate of drug-likeness (QED) is 0.772. The number of aromatic nitrogens is 6. The van der Waals surface area contributed by atoms with Crippen molar-refractivity contribution in [3.05, 3.63) is 47.8 Å². The third kappa shape index (κ3) is 2.77. The van der Waals surface area contributed by atoms with E-state index in [1.807, 2.05) is 44.3 Å². The molecule has 0 spiro atoms. The van der Waals surface area contributed by atoms with Gasteiger partial charge in [0.1, 0.15) is 0 Å². The average Bonchev–Trinajstić information content (AvgIpc) is 3.00. The van der Waals surface area contributed by atoms with Crippen LogP contribution in [-0.4, -0.2) is 37.2 Å². The highest BCUT2D eigenvalue weighted by atomic mass is 15.6. The summed E-state index contributed by atoms with van der Waals surface area (Å²) in [5.74, 6) is 0.971. The van der Waals surface area contributed by atoms with Crippen LogP contribution in [0.5, 0.6) is 0 Å². The van der Waals surface area contributed by atoms with Gasteiger partial charge in [0.05, 0.1) is 0 Å². The number of aryl methyl sites for hydroxylation is 1. The van der Waals surface area contributed by atoms with Gasteiger partial charge in [0.15, 0.2) is 0 Å². The number of hydrogen-bond donors (Lipinski definition) is 1. The maximum atomic E-state index is 4.42. The lowest BCUT2D eigenvalue weighted by atomic mass is 10.2. The second kappa shape index (κ2) is 5.76. The van der Waals surface area contributed by atoms with E-state index in [-0.39, 0.29) is 0 Å². The van der Waals surface area contributed by atoms with Crippen LogP contribution in [0.15, 0.2) is 36.5 Å². The third-order valence-electron chi connectivity index (χ3n) is 3.06. The lowest BCUT2D eigenvalue weighted by Crippen LogP contribution is -2.11. The van der Waals surface area contributed by atoms with Crippen LogP contribution in [0, 0.1) is 6.92 Å². The molecule has 0 amide bonds. The molecule has 0 unspecified atom stereocenters. The standard InChI is InChI=1S/C14H15N7/c1-10-12(8-15-2)9-16-14(17-10)21-19-13(18-20-21)11-6-4-3-5-7-11/h3-7,9,15H,8H2,1-2H3. The highest BCUT2D eigenvalue weighted by Crippen LogP contribution is 2.13. The Balaban J connectivity index is 1.91. The molecule has 0 bridgehead atoms. The first-order valence-corrected chi connectivity index (χ1v) is 6.61. The molecule has 1 aromatic carbocycles. The number of hydrogen-bond acceptors (Lipinski definition) is 6. The predicted molar refractivity (Wildman–Crippen MR) is 77.7 cm³/mol. The van der Waals surface area contributed by atoms with E-state index < -0.39 is 0 Å². The summed E-state index contributed by atoms with van der Waals surface area (Å²) < 4.78 is 0. The molecule has 2 aromatic heterocycles. The Morgan fingerprint density at radius 2 is 2.00 bits per heavy atom. The van der Waals surface area contributed by atoms with E-state index >= 15 is 0 Å². The molecular weight excluding hydrogens is 266 g/mol. The highest BCUT2D eigenvalue weighted by Gasteiger charge is 2.10. The Morgan fingerprint density at radius 3 is 2.71 bits per heavy atom. The van der Waals surface area contributed by atoms with Crippen molar-refractivity contribution in [1.29, 1.82) is 0 Å². The zero-order valence-corrected chi connectivity index (χ0v) is 11.9. The van der Waals surface area contributed by atoms with Crippen molar-refractivity contribution < 1.29 is 0 Å². The number of tetrazole rings is 1. The molecule has 0 fully saturated rings. The van der Waals surface area contributed by atoms with Crippen molar-refractivity contribution in [2.24, 2.45) is 0 Å². The van der Waals surface area contributed by atoms with Crippen molar-refractivity contribution in [1.82, 2.24) is 35.5 Å². The number of nitrogens with one attached hydrogen (secondary N) is 1. The summed E-state index contributed by atoms with van der Waals surface area (Å²) in [4.78, 5) is 10.0. The van der Waals surface area contributed by atoms with Crippen LogP contribution >= 0.6 is 0 Å². The lowest BCUT2D eigenvalue weighted by Gasteiger charge is -2.04. The summed E-state index contributed by atoms with van der Waals surface area (Å²) in [5.41, 5.74) is 2.85. The van der Waals surface area contributed by atoms with Crippen molar-refractivity contribution in [3.63, 3.8) is 0 Å². The average molecular weight is 281 g/mol. The normalized spacial score (nSPS) is 10.8. The first-order chi connectivity index (χ1) is 10.3. The van der Waals surface area contributed by atoms with E-state index in [0.717, 1.165) is 23.4 Å². The SMILES string of the molecule is CNCc1cnc(-n2nnc(-c3ccccc3)n2)nc1C. The van der Waals surface area contributed by atoms with Gasteiger partial charge in [-0.2, -0.15) is 0 Å². The van der Waals surface area contributed by atoms with Crippen molar-refractivity contribution in [2.75, 3.05) is 7.05 Å². The van der Waals surface area contributed by atoms with Crippen LogP contribution in [0.4, 0.5) is 0 Å². The molecule has 0 saturated carbocycles. The van der Waals surface area contributed by atoms with Crippen molar-refractivity contribution >= 4 is 0 Å². The maximum absolute atomic E-state index is 4.42. The largest absolute Gasteiger partial charge is 0.316 e. The maximum Gasteiger partial charge on any atom is 0.270 e. The predicted octanol–water partition coefficient (Wildman–Crippen LogP) is 1.15. The summed E-state index contributed by atoms with van der Waals surface area (Å²) in [6.07, 6.45) is 1.78. The third-order valence-corrected chi connectivity index (χ3v) is 3.06. The number of rotatable bonds is 4. The van der Waals surface area contributed by atoms with E-state index in [1.165, 1.54) is 4.80 Å². The molecule has 106 valence electrons. The summed E-state index contributed by atoms with van der Waals surface area (Å²) in [6.45, 7) is 2.67. The van der Waals surface area contributed by atoms with Gasteiger partial charge in [0, 0.05) is 29.6 Å². The van der Waals surface area contributed by atoms with Gasteiger partial charge in [0.2, 0.25) is 5.82 Å².